The number of ether oxygens (including phenoxy) is 1. The first-order chi connectivity index (χ1) is 11.5. The van der Waals surface area contributed by atoms with Gasteiger partial charge in [0.1, 0.15) is 11.6 Å². The molecule has 0 spiro atoms. The summed E-state index contributed by atoms with van der Waals surface area (Å²) in [6, 6.07) is 8.86. The molecule has 2 aromatic rings. The second-order valence-corrected chi connectivity index (χ2v) is 5.68. The molecule has 2 rings (SSSR count). The lowest BCUT2D eigenvalue weighted by molar-refractivity contribution is -0.116. The molecule has 24 heavy (non-hydrogen) atoms. The maximum Gasteiger partial charge on any atom is 0.225 e. The Morgan fingerprint density at radius 1 is 1.17 bits per heavy atom. The number of nitrogens with one attached hydrogen (secondary N) is 1. The van der Waals surface area contributed by atoms with Crippen LogP contribution in [0.4, 0.5) is 5.82 Å². The summed E-state index contributed by atoms with van der Waals surface area (Å²) in [4.78, 5) is 24.2. The molecule has 1 N–H and O–H groups in total. The third-order valence-electron chi connectivity index (χ3n) is 3.49. The van der Waals surface area contributed by atoms with Crippen LogP contribution < -0.4 is 10.1 Å². The molecule has 0 radical (unpaired) electrons. The van der Waals surface area contributed by atoms with E-state index in [2.05, 4.69) is 10.4 Å². The SMILES string of the molecule is CCOc1ccc(C(=O)CCC(=O)Nc2ccnn2C(C)C)cc1. The van der Waals surface area contributed by atoms with E-state index >= 15 is 0 Å². The zero-order valence-corrected chi connectivity index (χ0v) is 14.3. The number of amides is 1. The average Bonchev–Trinajstić information content (AvgIpc) is 3.02. The smallest absolute Gasteiger partial charge is 0.225 e. The number of ketones is 1. The van der Waals surface area contributed by atoms with Gasteiger partial charge in [0.05, 0.1) is 12.8 Å². The van der Waals surface area contributed by atoms with Crippen LogP contribution in [0.25, 0.3) is 0 Å². The van der Waals surface area contributed by atoms with Gasteiger partial charge in [-0.1, -0.05) is 0 Å². The van der Waals surface area contributed by atoms with E-state index in [-0.39, 0.29) is 30.6 Å². The van der Waals surface area contributed by atoms with Crippen molar-refractivity contribution in [2.24, 2.45) is 0 Å². The highest BCUT2D eigenvalue weighted by Gasteiger charge is 2.12. The van der Waals surface area contributed by atoms with Crippen molar-refractivity contribution in [1.82, 2.24) is 9.78 Å². The Morgan fingerprint density at radius 3 is 2.50 bits per heavy atom. The molecule has 0 saturated heterocycles. The third-order valence-corrected chi connectivity index (χ3v) is 3.49. The highest BCUT2D eigenvalue weighted by Crippen LogP contribution is 2.16. The van der Waals surface area contributed by atoms with Gasteiger partial charge in [0.25, 0.3) is 0 Å². The minimum Gasteiger partial charge on any atom is -0.494 e. The Bertz CT molecular complexity index is 690. The monoisotopic (exact) mass is 329 g/mol. The summed E-state index contributed by atoms with van der Waals surface area (Å²) < 4.78 is 7.07. The normalized spacial score (nSPS) is 10.7. The van der Waals surface area contributed by atoms with Gasteiger partial charge in [0, 0.05) is 30.5 Å². The van der Waals surface area contributed by atoms with E-state index in [9.17, 15) is 9.59 Å². The van der Waals surface area contributed by atoms with Crippen LogP contribution >= 0.6 is 0 Å². The highest BCUT2D eigenvalue weighted by molar-refractivity contribution is 5.99. The zero-order valence-electron chi connectivity index (χ0n) is 14.3. The first-order valence-corrected chi connectivity index (χ1v) is 8.10. The summed E-state index contributed by atoms with van der Waals surface area (Å²) in [5.41, 5.74) is 0.582. The van der Waals surface area contributed by atoms with Crippen molar-refractivity contribution in [2.75, 3.05) is 11.9 Å². The maximum absolute atomic E-state index is 12.2. The van der Waals surface area contributed by atoms with Gasteiger partial charge < -0.3 is 10.1 Å². The van der Waals surface area contributed by atoms with E-state index in [0.29, 0.717) is 18.0 Å². The van der Waals surface area contributed by atoms with Crippen molar-refractivity contribution in [2.45, 2.75) is 39.7 Å². The van der Waals surface area contributed by atoms with Crippen molar-refractivity contribution >= 4 is 17.5 Å². The number of carbonyl (C=O) groups excluding carboxylic acids is 2. The Balaban J connectivity index is 1.86. The van der Waals surface area contributed by atoms with Gasteiger partial charge in [-0.15, -0.1) is 0 Å². The summed E-state index contributed by atoms with van der Waals surface area (Å²) in [6.45, 7) is 6.46. The number of nitrogens with zero attached hydrogens (tertiary/aromatic N) is 2. The zero-order chi connectivity index (χ0) is 17.5. The minimum atomic E-state index is -0.198. The Hall–Kier alpha value is -2.63. The number of Topliss-reactive ketones (excluding diaryl/α,β-unsaturated/α-hetero) is 1. The maximum atomic E-state index is 12.2. The lowest BCUT2D eigenvalue weighted by atomic mass is 10.1. The van der Waals surface area contributed by atoms with Gasteiger partial charge in [-0.25, -0.2) is 4.68 Å². The third kappa shape index (κ3) is 4.68. The summed E-state index contributed by atoms with van der Waals surface area (Å²) in [5.74, 6) is 1.11. The topological polar surface area (TPSA) is 73.2 Å². The standard InChI is InChI=1S/C18H23N3O3/c1-4-24-15-7-5-14(6-8-15)16(22)9-10-18(23)20-17-11-12-19-21(17)13(2)3/h5-8,11-13H,4,9-10H2,1-3H3,(H,20,23). The molecule has 0 aliphatic rings. The molecule has 0 unspecified atom stereocenters. The van der Waals surface area contributed by atoms with Gasteiger partial charge >= 0.3 is 0 Å². The van der Waals surface area contributed by atoms with E-state index in [1.807, 2.05) is 20.8 Å². The molecular weight excluding hydrogens is 306 g/mol. The Morgan fingerprint density at radius 2 is 1.88 bits per heavy atom. The predicted molar refractivity (Wildman–Crippen MR) is 92.4 cm³/mol. The largest absolute Gasteiger partial charge is 0.494 e. The first-order valence-electron chi connectivity index (χ1n) is 8.10. The van der Waals surface area contributed by atoms with E-state index < -0.39 is 0 Å². The molecule has 0 aliphatic heterocycles. The number of benzene rings is 1. The van der Waals surface area contributed by atoms with Crippen molar-refractivity contribution in [3.63, 3.8) is 0 Å². The molecule has 6 nitrogen and oxygen atoms in total. The van der Waals surface area contributed by atoms with Gasteiger partial charge in [0.2, 0.25) is 5.91 Å². The molecule has 0 fully saturated rings. The second kappa shape index (κ2) is 8.29. The fraction of sp³-hybridized carbons (Fsp3) is 0.389. The summed E-state index contributed by atoms with van der Waals surface area (Å²) in [6.07, 6.45) is 1.94. The Labute approximate surface area is 141 Å². The van der Waals surface area contributed by atoms with Gasteiger partial charge in [-0.2, -0.15) is 5.10 Å². The molecule has 6 heteroatoms. The van der Waals surface area contributed by atoms with Crippen molar-refractivity contribution < 1.29 is 14.3 Å². The lowest BCUT2D eigenvalue weighted by Gasteiger charge is -2.11. The number of hydrogen-bond donors (Lipinski definition) is 1. The molecule has 0 atom stereocenters. The summed E-state index contributed by atoms with van der Waals surface area (Å²) in [5, 5.41) is 6.95. The predicted octanol–water partition coefficient (Wildman–Crippen LogP) is 3.46. The summed E-state index contributed by atoms with van der Waals surface area (Å²) >= 11 is 0. The van der Waals surface area contributed by atoms with Gasteiger partial charge in [0.15, 0.2) is 5.78 Å². The number of anilines is 1. The molecule has 128 valence electrons. The van der Waals surface area contributed by atoms with Crippen LogP contribution in [0.15, 0.2) is 36.5 Å². The quantitative estimate of drug-likeness (QED) is 0.753. The van der Waals surface area contributed by atoms with Crippen LogP contribution in [-0.2, 0) is 4.79 Å². The fourth-order valence-electron chi connectivity index (χ4n) is 2.31. The molecule has 0 aliphatic carbocycles. The number of rotatable bonds is 8. The molecule has 1 aromatic heterocycles. The molecule has 0 saturated carbocycles. The minimum absolute atomic E-state index is 0.0643. The first kappa shape index (κ1) is 17.7. The van der Waals surface area contributed by atoms with Gasteiger partial charge in [-0.3, -0.25) is 9.59 Å². The van der Waals surface area contributed by atoms with E-state index in [4.69, 9.17) is 4.74 Å². The van der Waals surface area contributed by atoms with Gasteiger partial charge in [-0.05, 0) is 45.0 Å². The Kier molecular flexibility index (Phi) is 6.12. The van der Waals surface area contributed by atoms with Crippen molar-refractivity contribution in [1.29, 1.82) is 0 Å². The van der Waals surface area contributed by atoms with Crippen LogP contribution in [0.5, 0.6) is 5.75 Å². The molecule has 1 aromatic carbocycles. The van der Waals surface area contributed by atoms with E-state index in [0.717, 1.165) is 5.75 Å². The van der Waals surface area contributed by atoms with Crippen molar-refractivity contribution in [3.05, 3.63) is 42.1 Å². The second-order valence-electron chi connectivity index (χ2n) is 5.68. The number of aromatic nitrogens is 2. The molecule has 1 heterocycles. The highest BCUT2D eigenvalue weighted by atomic mass is 16.5. The van der Waals surface area contributed by atoms with Crippen LogP contribution in [-0.4, -0.2) is 28.1 Å². The van der Waals surface area contributed by atoms with Crippen LogP contribution in [0.3, 0.4) is 0 Å². The van der Waals surface area contributed by atoms with E-state index in [1.165, 1.54) is 0 Å². The lowest BCUT2D eigenvalue weighted by Crippen LogP contribution is -2.17. The molecule has 1 amide bonds. The number of hydrogen-bond acceptors (Lipinski definition) is 4. The average molecular weight is 329 g/mol. The number of carbonyl (C=O) groups is 2. The van der Waals surface area contributed by atoms with E-state index in [1.54, 1.807) is 41.2 Å². The van der Waals surface area contributed by atoms with Crippen molar-refractivity contribution in [3.8, 4) is 5.75 Å². The van der Waals surface area contributed by atoms with Crippen LogP contribution in [0.2, 0.25) is 0 Å². The molecular formula is C18H23N3O3. The fourth-order valence-corrected chi connectivity index (χ4v) is 2.31. The molecule has 0 bridgehead atoms. The van der Waals surface area contributed by atoms with Crippen LogP contribution in [0.1, 0.15) is 50.0 Å². The summed E-state index contributed by atoms with van der Waals surface area (Å²) in [7, 11) is 0. The van der Waals surface area contributed by atoms with Crippen LogP contribution in [0, 0.1) is 0 Å².